The summed E-state index contributed by atoms with van der Waals surface area (Å²) in [6.45, 7) is 4.05. The molecule has 0 spiro atoms. The Hall–Kier alpha value is -1.26. The quantitative estimate of drug-likeness (QED) is 0.629. The van der Waals surface area contributed by atoms with Crippen molar-refractivity contribution in [3.63, 3.8) is 0 Å². The molecule has 0 atom stereocenters. The van der Waals surface area contributed by atoms with Gasteiger partial charge in [0.2, 0.25) is 5.91 Å². The van der Waals surface area contributed by atoms with Crippen molar-refractivity contribution in [1.82, 2.24) is 16.0 Å². The van der Waals surface area contributed by atoms with Gasteiger partial charge in [0.25, 0.3) is 0 Å². The fourth-order valence-electron chi connectivity index (χ4n) is 2.99. The number of amides is 3. The van der Waals surface area contributed by atoms with E-state index in [0.29, 0.717) is 19.0 Å². The van der Waals surface area contributed by atoms with Gasteiger partial charge in [-0.15, -0.1) is 0 Å². The van der Waals surface area contributed by atoms with E-state index in [4.69, 9.17) is 0 Å². The van der Waals surface area contributed by atoms with Gasteiger partial charge in [0, 0.05) is 25.6 Å². The van der Waals surface area contributed by atoms with Gasteiger partial charge in [0.1, 0.15) is 0 Å². The lowest BCUT2D eigenvalue weighted by Gasteiger charge is -2.27. The molecule has 2 rings (SSSR count). The summed E-state index contributed by atoms with van der Waals surface area (Å²) in [5.74, 6) is 1.89. The number of urea groups is 1. The van der Waals surface area contributed by atoms with Gasteiger partial charge in [-0.05, 0) is 37.5 Å². The van der Waals surface area contributed by atoms with Crippen molar-refractivity contribution < 1.29 is 9.59 Å². The van der Waals surface area contributed by atoms with Crippen LogP contribution in [0.5, 0.6) is 0 Å². The molecule has 3 N–H and O–H groups in total. The first-order chi connectivity index (χ1) is 10.2. The van der Waals surface area contributed by atoms with Crippen LogP contribution in [0.25, 0.3) is 0 Å². The number of rotatable bonds is 7. The van der Waals surface area contributed by atoms with E-state index in [1.165, 1.54) is 32.1 Å². The molecule has 0 saturated heterocycles. The van der Waals surface area contributed by atoms with Crippen molar-refractivity contribution >= 4 is 11.9 Å². The molecular formula is C16H29N3O2. The summed E-state index contributed by atoms with van der Waals surface area (Å²) in [6, 6.07) is -0.117. The molecule has 3 amide bonds. The molecule has 5 nitrogen and oxygen atoms in total. The third-order valence-electron chi connectivity index (χ3n) is 4.75. The number of carbonyl (C=O) groups excluding carboxylic acids is 2. The molecule has 0 aliphatic heterocycles. The van der Waals surface area contributed by atoms with Crippen LogP contribution in [0.2, 0.25) is 0 Å². The number of nitrogens with one attached hydrogen (secondary N) is 3. The molecule has 0 radical (unpaired) electrons. The van der Waals surface area contributed by atoms with Crippen LogP contribution < -0.4 is 16.0 Å². The number of hydrogen-bond acceptors (Lipinski definition) is 2. The fraction of sp³-hybridized carbons (Fsp3) is 0.875. The Bertz CT molecular complexity index is 347. The van der Waals surface area contributed by atoms with Crippen LogP contribution in [0.4, 0.5) is 4.79 Å². The maximum Gasteiger partial charge on any atom is 0.314 e. The van der Waals surface area contributed by atoms with Crippen molar-refractivity contribution in [1.29, 1.82) is 0 Å². The van der Waals surface area contributed by atoms with Crippen LogP contribution in [0.3, 0.4) is 0 Å². The third-order valence-corrected chi connectivity index (χ3v) is 4.75. The van der Waals surface area contributed by atoms with E-state index < -0.39 is 0 Å². The minimum Gasteiger partial charge on any atom is -0.354 e. The monoisotopic (exact) mass is 295 g/mol. The van der Waals surface area contributed by atoms with Crippen LogP contribution in [-0.2, 0) is 4.79 Å². The molecular weight excluding hydrogens is 266 g/mol. The molecule has 2 fully saturated rings. The Morgan fingerprint density at radius 2 is 1.48 bits per heavy atom. The van der Waals surface area contributed by atoms with Crippen LogP contribution in [0.1, 0.15) is 51.9 Å². The molecule has 0 bridgehead atoms. The topological polar surface area (TPSA) is 70.2 Å². The van der Waals surface area contributed by atoms with Crippen molar-refractivity contribution in [2.24, 2.45) is 17.8 Å². The molecule has 21 heavy (non-hydrogen) atoms. The second-order valence-electron chi connectivity index (χ2n) is 6.50. The van der Waals surface area contributed by atoms with Crippen LogP contribution in [-0.4, -0.2) is 31.6 Å². The van der Waals surface area contributed by atoms with Gasteiger partial charge < -0.3 is 16.0 Å². The molecule has 2 saturated carbocycles. The van der Waals surface area contributed by atoms with Crippen molar-refractivity contribution in [2.75, 3.05) is 19.6 Å². The number of carbonyl (C=O) groups is 2. The van der Waals surface area contributed by atoms with E-state index >= 15 is 0 Å². The average Bonchev–Trinajstić information content (AvgIpc) is 3.34. The van der Waals surface area contributed by atoms with Gasteiger partial charge in [-0.1, -0.05) is 26.2 Å². The second kappa shape index (κ2) is 8.25. The van der Waals surface area contributed by atoms with Gasteiger partial charge in [-0.2, -0.15) is 0 Å². The van der Waals surface area contributed by atoms with E-state index in [0.717, 1.165) is 25.3 Å². The van der Waals surface area contributed by atoms with Crippen LogP contribution in [0.15, 0.2) is 0 Å². The van der Waals surface area contributed by atoms with E-state index in [9.17, 15) is 9.59 Å². The maximum atomic E-state index is 11.7. The summed E-state index contributed by atoms with van der Waals surface area (Å²) in [7, 11) is 0. The Morgan fingerprint density at radius 3 is 2.10 bits per heavy atom. The van der Waals surface area contributed by atoms with Crippen molar-refractivity contribution in [3.05, 3.63) is 0 Å². The highest BCUT2D eigenvalue weighted by atomic mass is 16.2. The SMILES string of the molecule is CCC1CCC(CNC(=O)NCCNC(=O)C2CC2)CC1. The molecule has 0 aromatic heterocycles. The zero-order chi connectivity index (χ0) is 15.1. The smallest absolute Gasteiger partial charge is 0.314 e. The standard InChI is InChI=1S/C16H29N3O2/c1-2-12-3-5-13(6-4-12)11-19-16(21)18-10-9-17-15(20)14-7-8-14/h12-14H,2-11H2,1H3,(H,17,20)(H2,18,19,21). The summed E-state index contributed by atoms with van der Waals surface area (Å²) >= 11 is 0. The average molecular weight is 295 g/mol. The Balaban J connectivity index is 1.46. The zero-order valence-electron chi connectivity index (χ0n) is 13.1. The Labute approximate surface area is 127 Å². The Kier molecular flexibility index (Phi) is 6.33. The minimum absolute atomic E-state index is 0.117. The van der Waals surface area contributed by atoms with E-state index in [1.807, 2.05) is 0 Å². The van der Waals surface area contributed by atoms with E-state index in [2.05, 4.69) is 22.9 Å². The predicted molar refractivity (Wildman–Crippen MR) is 82.9 cm³/mol. The van der Waals surface area contributed by atoms with Crippen molar-refractivity contribution in [3.8, 4) is 0 Å². The molecule has 2 aliphatic rings. The van der Waals surface area contributed by atoms with E-state index in [-0.39, 0.29) is 17.9 Å². The third kappa shape index (κ3) is 5.94. The molecule has 120 valence electrons. The van der Waals surface area contributed by atoms with Gasteiger partial charge in [-0.25, -0.2) is 4.79 Å². The van der Waals surface area contributed by atoms with Crippen LogP contribution in [0, 0.1) is 17.8 Å². The zero-order valence-corrected chi connectivity index (χ0v) is 13.1. The number of hydrogen-bond donors (Lipinski definition) is 3. The van der Waals surface area contributed by atoms with Crippen molar-refractivity contribution in [2.45, 2.75) is 51.9 Å². The molecule has 0 aromatic rings. The van der Waals surface area contributed by atoms with Gasteiger partial charge >= 0.3 is 6.03 Å². The highest BCUT2D eigenvalue weighted by molar-refractivity contribution is 5.80. The highest BCUT2D eigenvalue weighted by Crippen LogP contribution is 2.30. The molecule has 0 heterocycles. The van der Waals surface area contributed by atoms with E-state index in [1.54, 1.807) is 0 Å². The van der Waals surface area contributed by atoms with Gasteiger partial charge in [0.05, 0.1) is 0 Å². The first kappa shape index (κ1) is 16.1. The fourth-order valence-corrected chi connectivity index (χ4v) is 2.99. The predicted octanol–water partition coefficient (Wildman–Crippen LogP) is 2.03. The van der Waals surface area contributed by atoms with Crippen LogP contribution >= 0.6 is 0 Å². The van der Waals surface area contributed by atoms with Gasteiger partial charge in [-0.3, -0.25) is 4.79 Å². The lowest BCUT2D eigenvalue weighted by molar-refractivity contribution is -0.122. The first-order valence-corrected chi connectivity index (χ1v) is 8.48. The Morgan fingerprint density at radius 1 is 0.857 bits per heavy atom. The minimum atomic E-state index is -0.117. The lowest BCUT2D eigenvalue weighted by Crippen LogP contribution is -2.42. The molecule has 2 aliphatic carbocycles. The van der Waals surface area contributed by atoms with Gasteiger partial charge in [0.15, 0.2) is 0 Å². The molecule has 0 aromatic carbocycles. The summed E-state index contributed by atoms with van der Waals surface area (Å²) in [4.78, 5) is 23.1. The molecule has 5 heteroatoms. The normalized spacial score (nSPS) is 25.2. The highest BCUT2D eigenvalue weighted by Gasteiger charge is 2.29. The largest absolute Gasteiger partial charge is 0.354 e. The summed E-state index contributed by atoms with van der Waals surface area (Å²) in [5, 5.41) is 8.57. The molecule has 0 unspecified atom stereocenters. The lowest BCUT2D eigenvalue weighted by atomic mass is 9.81. The maximum absolute atomic E-state index is 11.7. The second-order valence-corrected chi connectivity index (χ2v) is 6.50. The summed E-state index contributed by atoms with van der Waals surface area (Å²) < 4.78 is 0. The summed E-state index contributed by atoms with van der Waals surface area (Å²) in [6.07, 6.45) is 8.38. The first-order valence-electron chi connectivity index (χ1n) is 8.48. The summed E-state index contributed by atoms with van der Waals surface area (Å²) in [5.41, 5.74) is 0.